The minimum Gasteiger partial charge on any atom is -0.383 e. The summed E-state index contributed by atoms with van der Waals surface area (Å²) in [7, 11) is 0. The van der Waals surface area contributed by atoms with E-state index in [0.717, 1.165) is 41.8 Å². The number of aliphatic imine (C=N–C) groups is 1. The first-order chi connectivity index (χ1) is 12.7. The third-order valence-corrected chi connectivity index (χ3v) is 4.90. The number of ether oxygens (including phenoxy) is 1. The Labute approximate surface area is 152 Å². The molecular weight excluding hydrogens is 328 g/mol. The summed E-state index contributed by atoms with van der Waals surface area (Å²) in [6.07, 6.45) is 3.93. The first-order valence-corrected chi connectivity index (χ1v) is 8.95. The topological polar surface area (TPSA) is 89.6 Å². The normalized spacial score (nSPS) is 19.7. The molecule has 3 heterocycles. The number of amides is 1. The van der Waals surface area contributed by atoms with E-state index in [-0.39, 0.29) is 24.5 Å². The zero-order chi connectivity index (χ0) is 17.9. The second kappa shape index (κ2) is 7.25. The quantitative estimate of drug-likeness (QED) is 0.861. The second-order valence-corrected chi connectivity index (χ2v) is 6.72. The van der Waals surface area contributed by atoms with Gasteiger partial charge in [0.15, 0.2) is 0 Å². The molecule has 6 heteroatoms. The molecule has 1 aromatic heterocycles. The smallest absolute Gasteiger partial charge is 0.226 e. The molecule has 0 aliphatic carbocycles. The lowest BCUT2D eigenvalue weighted by atomic mass is 9.99. The van der Waals surface area contributed by atoms with Gasteiger partial charge in [0.25, 0.3) is 0 Å². The lowest BCUT2D eigenvalue weighted by Gasteiger charge is -2.24. The summed E-state index contributed by atoms with van der Waals surface area (Å²) >= 11 is 0. The molecule has 2 aromatic rings. The average Bonchev–Trinajstić information content (AvgIpc) is 3.31. The van der Waals surface area contributed by atoms with Gasteiger partial charge in [-0.1, -0.05) is 30.3 Å². The van der Waals surface area contributed by atoms with E-state index in [1.807, 2.05) is 36.4 Å². The molecule has 1 amide bonds. The number of aromatic nitrogens is 1. The Hall–Kier alpha value is -2.73. The summed E-state index contributed by atoms with van der Waals surface area (Å²) in [5.41, 5.74) is 9.51. The molecule has 0 saturated carbocycles. The highest BCUT2D eigenvalue weighted by Gasteiger charge is 2.28. The number of rotatable bonds is 5. The summed E-state index contributed by atoms with van der Waals surface area (Å²) in [6, 6.07) is 11.8. The van der Waals surface area contributed by atoms with Crippen LogP contribution in [0.2, 0.25) is 0 Å². The van der Waals surface area contributed by atoms with Gasteiger partial charge in [0.1, 0.15) is 5.84 Å². The zero-order valence-electron chi connectivity index (χ0n) is 14.5. The molecular formula is C20H22N4O2. The summed E-state index contributed by atoms with van der Waals surface area (Å²) in [6.45, 7) is 1.30. The van der Waals surface area contributed by atoms with Gasteiger partial charge in [0, 0.05) is 18.4 Å². The molecule has 0 radical (unpaired) electrons. The van der Waals surface area contributed by atoms with E-state index < -0.39 is 0 Å². The van der Waals surface area contributed by atoms with Gasteiger partial charge in [-0.05, 0) is 30.0 Å². The number of fused-ring (bicyclic) bond motifs is 1. The fourth-order valence-corrected chi connectivity index (χ4v) is 3.57. The van der Waals surface area contributed by atoms with E-state index in [0.29, 0.717) is 12.4 Å². The van der Waals surface area contributed by atoms with Crippen molar-refractivity contribution in [2.45, 2.75) is 38.0 Å². The number of carbonyl (C=O) groups is 1. The largest absolute Gasteiger partial charge is 0.383 e. The van der Waals surface area contributed by atoms with E-state index in [9.17, 15) is 4.79 Å². The molecule has 134 valence electrons. The number of hydrogen-bond acceptors (Lipinski definition) is 5. The third-order valence-electron chi connectivity index (χ3n) is 4.90. The van der Waals surface area contributed by atoms with Crippen molar-refractivity contribution in [2.24, 2.45) is 10.7 Å². The monoisotopic (exact) mass is 350 g/mol. The van der Waals surface area contributed by atoms with Crippen LogP contribution < -0.4 is 11.1 Å². The van der Waals surface area contributed by atoms with Crippen LogP contribution in [-0.4, -0.2) is 29.4 Å². The average molecular weight is 350 g/mol. The van der Waals surface area contributed by atoms with Gasteiger partial charge < -0.3 is 15.8 Å². The Morgan fingerprint density at radius 2 is 2.19 bits per heavy atom. The maximum absolute atomic E-state index is 12.7. The Bertz CT molecular complexity index is 829. The van der Waals surface area contributed by atoms with Crippen LogP contribution in [0.5, 0.6) is 0 Å². The van der Waals surface area contributed by atoms with E-state index in [1.165, 1.54) is 0 Å². The van der Waals surface area contributed by atoms with Crippen molar-refractivity contribution < 1.29 is 9.53 Å². The van der Waals surface area contributed by atoms with Gasteiger partial charge in [0.2, 0.25) is 5.91 Å². The highest BCUT2D eigenvalue weighted by Crippen LogP contribution is 2.27. The van der Waals surface area contributed by atoms with E-state index in [4.69, 9.17) is 10.5 Å². The van der Waals surface area contributed by atoms with Crippen molar-refractivity contribution in [3.05, 3.63) is 65.0 Å². The molecule has 2 aliphatic heterocycles. The van der Waals surface area contributed by atoms with Crippen LogP contribution in [0.25, 0.3) is 0 Å². The fraction of sp³-hybridized carbons (Fsp3) is 0.350. The molecule has 0 bridgehead atoms. The van der Waals surface area contributed by atoms with Crippen LogP contribution in [0.3, 0.4) is 0 Å². The lowest BCUT2D eigenvalue weighted by Crippen LogP contribution is -2.37. The third kappa shape index (κ3) is 3.46. The van der Waals surface area contributed by atoms with Crippen molar-refractivity contribution in [1.82, 2.24) is 10.3 Å². The first-order valence-electron chi connectivity index (χ1n) is 8.95. The Balaban J connectivity index is 1.47. The van der Waals surface area contributed by atoms with Gasteiger partial charge in [-0.3, -0.25) is 14.8 Å². The standard InChI is InChI=1S/C20H22N4O2/c21-20-16-12-22-15(9-14(16)11-23-20)10-18(25)24-19(17-7-4-8-26-17)13-5-2-1-3-6-13/h1-3,5-6,9,12,17,19H,4,7-8,10-11H2,(H2,21,23)(H,24,25)/t17-,19+/m1/s1. The summed E-state index contributed by atoms with van der Waals surface area (Å²) in [5, 5.41) is 3.14. The minimum absolute atomic E-state index is 0.0162. The molecule has 6 nitrogen and oxygen atoms in total. The Morgan fingerprint density at radius 3 is 2.96 bits per heavy atom. The second-order valence-electron chi connectivity index (χ2n) is 6.72. The molecule has 4 rings (SSSR count). The van der Waals surface area contributed by atoms with Crippen molar-refractivity contribution in [1.29, 1.82) is 0 Å². The lowest BCUT2D eigenvalue weighted by molar-refractivity contribution is -0.122. The van der Waals surface area contributed by atoms with E-state index in [2.05, 4.69) is 15.3 Å². The maximum Gasteiger partial charge on any atom is 0.226 e. The van der Waals surface area contributed by atoms with Crippen LogP contribution in [0.4, 0.5) is 0 Å². The SMILES string of the molecule is NC1=NCc2cc(CC(=O)N[C@@H](c3ccccc3)[C@H]3CCCO3)ncc21. The minimum atomic E-state index is -0.139. The van der Waals surface area contributed by atoms with Crippen LogP contribution in [0.1, 0.15) is 41.3 Å². The predicted molar refractivity (Wildman–Crippen MR) is 98.7 cm³/mol. The summed E-state index contributed by atoms with van der Waals surface area (Å²) < 4.78 is 5.83. The van der Waals surface area contributed by atoms with Crippen LogP contribution in [-0.2, 0) is 22.5 Å². The number of carbonyl (C=O) groups excluding carboxylic acids is 1. The molecule has 2 aliphatic rings. The highest BCUT2D eigenvalue weighted by atomic mass is 16.5. The number of amidine groups is 1. The molecule has 1 saturated heterocycles. The van der Waals surface area contributed by atoms with Gasteiger partial charge in [-0.25, -0.2) is 0 Å². The van der Waals surface area contributed by atoms with Gasteiger partial charge in [-0.15, -0.1) is 0 Å². The van der Waals surface area contributed by atoms with Gasteiger partial charge in [0.05, 0.1) is 30.8 Å². The molecule has 26 heavy (non-hydrogen) atoms. The van der Waals surface area contributed by atoms with Gasteiger partial charge >= 0.3 is 0 Å². The summed E-state index contributed by atoms with van der Waals surface area (Å²) in [5.74, 6) is 0.458. The van der Waals surface area contributed by atoms with Crippen molar-refractivity contribution in [3.63, 3.8) is 0 Å². The number of hydrogen-bond donors (Lipinski definition) is 2. The molecule has 1 aromatic carbocycles. The van der Waals surface area contributed by atoms with Crippen LogP contribution in [0, 0.1) is 0 Å². The number of pyridine rings is 1. The Morgan fingerprint density at radius 1 is 1.35 bits per heavy atom. The molecule has 2 atom stereocenters. The molecule has 3 N–H and O–H groups in total. The number of nitrogens with two attached hydrogens (primary N) is 1. The van der Waals surface area contributed by atoms with E-state index >= 15 is 0 Å². The van der Waals surface area contributed by atoms with Gasteiger partial charge in [-0.2, -0.15) is 0 Å². The Kier molecular flexibility index (Phi) is 4.67. The van der Waals surface area contributed by atoms with Crippen LogP contribution in [0.15, 0.2) is 47.6 Å². The van der Waals surface area contributed by atoms with Crippen molar-refractivity contribution in [3.8, 4) is 0 Å². The predicted octanol–water partition coefficient (Wildman–Crippen LogP) is 1.88. The maximum atomic E-state index is 12.7. The number of nitrogens with one attached hydrogen (secondary N) is 1. The zero-order valence-corrected chi connectivity index (χ0v) is 14.5. The first kappa shape index (κ1) is 16.7. The van der Waals surface area contributed by atoms with Crippen molar-refractivity contribution >= 4 is 11.7 Å². The number of nitrogens with zero attached hydrogens (tertiary/aromatic N) is 2. The molecule has 0 unspecified atom stereocenters. The number of benzene rings is 1. The van der Waals surface area contributed by atoms with Crippen LogP contribution >= 0.6 is 0 Å². The highest BCUT2D eigenvalue weighted by molar-refractivity contribution is 6.00. The summed E-state index contributed by atoms with van der Waals surface area (Å²) in [4.78, 5) is 21.2. The fourth-order valence-electron chi connectivity index (χ4n) is 3.57. The molecule has 0 spiro atoms. The molecule has 1 fully saturated rings. The van der Waals surface area contributed by atoms with Crippen molar-refractivity contribution in [2.75, 3.05) is 6.61 Å². The van der Waals surface area contributed by atoms with E-state index in [1.54, 1.807) is 6.20 Å².